The molecule has 21 heavy (non-hydrogen) atoms. The first-order valence-corrected chi connectivity index (χ1v) is 6.64. The van der Waals surface area contributed by atoms with E-state index >= 15 is 0 Å². The van der Waals surface area contributed by atoms with Crippen molar-refractivity contribution in [3.8, 4) is 0 Å². The number of oxime groups is 1. The molecule has 2 rings (SSSR count). The van der Waals surface area contributed by atoms with Gasteiger partial charge >= 0.3 is 0 Å². The molecule has 2 aromatic rings. The van der Waals surface area contributed by atoms with Crippen molar-refractivity contribution in [2.75, 3.05) is 27.3 Å². The number of amidine groups is 1. The lowest BCUT2D eigenvalue weighted by atomic mass is 10.2. The highest BCUT2D eigenvalue weighted by Crippen LogP contribution is 2.14. The molecule has 8 nitrogen and oxygen atoms in total. The second-order valence-corrected chi connectivity index (χ2v) is 4.81. The van der Waals surface area contributed by atoms with E-state index in [4.69, 9.17) is 15.7 Å². The second kappa shape index (κ2) is 7.00. The number of aromatic amines is 1. The Morgan fingerprint density at radius 3 is 3.10 bits per heavy atom. The van der Waals surface area contributed by atoms with Gasteiger partial charge in [0.1, 0.15) is 5.82 Å². The molecule has 0 atom stereocenters. The van der Waals surface area contributed by atoms with Crippen LogP contribution in [0.3, 0.4) is 0 Å². The molecule has 0 aromatic carbocycles. The first-order chi connectivity index (χ1) is 10.2. The molecule has 0 bridgehead atoms. The van der Waals surface area contributed by atoms with Crippen LogP contribution < -0.4 is 5.73 Å². The van der Waals surface area contributed by atoms with Gasteiger partial charge in [0.25, 0.3) is 0 Å². The van der Waals surface area contributed by atoms with Gasteiger partial charge in [-0.1, -0.05) is 5.16 Å². The Bertz CT molecular complexity index is 624. The van der Waals surface area contributed by atoms with Crippen LogP contribution in [0.2, 0.25) is 0 Å². The predicted octanol–water partition coefficient (Wildman–Crippen LogP) is 0.521. The van der Waals surface area contributed by atoms with E-state index in [1.807, 2.05) is 7.05 Å². The van der Waals surface area contributed by atoms with Crippen molar-refractivity contribution in [3.05, 3.63) is 23.7 Å². The fourth-order valence-electron chi connectivity index (χ4n) is 2.11. The van der Waals surface area contributed by atoms with Crippen molar-refractivity contribution >= 4 is 17.0 Å². The van der Waals surface area contributed by atoms with Crippen LogP contribution in [-0.4, -0.2) is 58.2 Å². The predicted molar refractivity (Wildman–Crippen MR) is 79.2 cm³/mol. The lowest BCUT2D eigenvalue weighted by molar-refractivity contribution is 0.177. The minimum Gasteiger partial charge on any atom is -0.409 e. The third-order valence-electron chi connectivity index (χ3n) is 3.13. The van der Waals surface area contributed by atoms with E-state index in [9.17, 15) is 0 Å². The molecule has 0 amide bonds. The molecular formula is C13H20N6O2. The Balaban J connectivity index is 2.15. The fourth-order valence-corrected chi connectivity index (χ4v) is 2.11. The Morgan fingerprint density at radius 2 is 2.38 bits per heavy atom. The van der Waals surface area contributed by atoms with E-state index in [-0.39, 0.29) is 5.84 Å². The monoisotopic (exact) mass is 292 g/mol. The molecule has 2 aromatic heterocycles. The van der Waals surface area contributed by atoms with Crippen LogP contribution in [0.25, 0.3) is 11.2 Å². The van der Waals surface area contributed by atoms with Crippen LogP contribution in [0.1, 0.15) is 17.8 Å². The minimum absolute atomic E-state index is 0.0334. The van der Waals surface area contributed by atoms with E-state index in [0.29, 0.717) is 23.3 Å². The average molecular weight is 292 g/mol. The number of rotatable bonds is 7. The van der Waals surface area contributed by atoms with Crippen molar-refractivity contribution in [2.45, 2.75) is 13.0 Å². The zero-order chi connectivity index (χ0) is 15.2. The van der Waals surface area contributed by atoms with E-state index in [2.05, 4.69) is 25.0 Å². The lowest BCUT2D eigenvalue weighted by Gasteiger charge is -2.14. The number of fused-ring (bicyclic) bond motifs is 1. The summed E-state index contributed by atoms with van der Waals surface area (Å²) in [6.07, 6.45) is 2.55. The van der Waals surface area contributed by atoms with Crippen molar-refractivity contribution in [2.24, 2.45) is 10.9 Å². The number of aromatic nitrogens is 3. The highest BCUT2D eigenvalue weighted by atomic mass is 16.5. The Labute approximate surface area is 122 Å². The number of nitrogens with one attached hydrogen (secondary N) is 1. The molecule has 4 N–H and O–H groups in total. The van der Waals surface area contributed by atoms with Gasteiger partial charge < -0.3 is 20.7 Å². The van der Waals surface area contributed by atoms with E-state index < -0.39 is 0 Å². The summed E-state index contributed by atoms with van der Waals surface area (Å²) in [4.78, 5) is 13.9. The van der Waals surface area contributed by atoms with Gasteiger partial charge in [-0.05, 0) is 19.5 Å². The van der Waals surface area contributed by atoms with Crippen LogP contribution >= 0.6 is 0 Å². The Kier molecular flexibility index (Phi) is 5.07. The topological polar surface area (TPSA) is 113 Å². The first kappa shape index (κ1) is 15.2. The third-order valence-corrected chi connectivity index (χ3v) is 3.13. The summed E-state index contributed by atoms with van der Waals surface area (Å²) in [7, 11) is 3.71. The lowest BCUT2D eigenvalue weighted by Crippen LogP contribution is -2.20. The molecule has 0 spiro atoms. The zero-order valence-electron chi connectivity index (χ0n) is 12.2. The zero-order valence-corrected chi connectivity index (χ0v) is 12.2. The molecule has 0 aliphatic rings. The highest BCUT2D eigenvalue weighted by Gasteiger charge is 2.12. The van der Waals surface area contributed by atoms with Gasteiger partial charge in [-0.15, -0.1) is 0 Å². The molecule has 0 aliphatic carbocycles. The largest absolute Gasteiger partial charge is 0.409 e. The molecule has 0 saturated carbocycles. The summed E-state index contributed by atoms with van der Waals surface area (Å²) in [6.45, 7) is 2.31. The minimum atomic E-state index is 0.0334. The summed E-state index contributed by atoms with van der Waals surface area (Å²) in [5, 5.41) is 11.8. The molecule has 0 saturated heterocycles. The summed E-state index contributed by atoms with van der Waals surface area (Å²) < 4.78 is 5.03. The second-order valence-electron chi connectivity index (χ2n) is 4.81. The van der Waals surface area contributed by atoms with Crippen LogP contribution in [0.5, 0.6) is 0 Å². The SMILES string of the molecule is COCCCN(C)Cc1nc2nccc(/C(N)=N/O)c2[nH]1. The van der Waals surface area contributed by atoms with Gasteiger partial charge in [0.05, 0.1) is 12.1 Å². The maximum Gasteiger partial charge on any atom is 0.178 e. The van der Waals surface area contributed by atoms with E-state index in [0.717, 1.165) is 25.4 Å². The molecule has 2 heterocycles. The molecule has 0 radical (unpaired) electrons. The number of nitrogens with zero attached hydrogens (tertiary/aromatic N) is 4. The van der Waals surface area contributed by atoms with Gasteiger partial charge in [-0.25, -0.2) is 9.97 Å². The van der Waals surface area contributed by atoms with Crippen molar-refractivity contribution in [3.63, 3.8) is 0 Å². The number of hydrogen-bond acceptors (Lipinski definition) is 6. The molecule has 8 heteroatoms. The number of nitrogens with two attached hydrogens (primary N) is 1. The summed E-state index contributed by atoms with van der Waals surface area (Å²) >= 11 is 0. The summed E-state index contributed by atoms with van der Waals surface area (Å²) in [6, 6.07) is 1.68. The van der Waals surface area contributed by atoms with Crippen LogP contribution in [0, 0.1) is 0 Å². The fraction of sp³-hybridized carbons (Fsp3) is 0.462. The molecular weight excluding hydrogens is 272 g/mol. The van der Waals surface area contributed by atoms with E-state index in [1.165, 1.54) is 0 Å². The summed E-state index contributed by atoms with van der Waals surface area (Å²) in [5.41, 5.74) is 7.47. The number of imidazole rings is 1. The maximum absolute atomic E-state index is 8.81. The van der Waals surface area contributed by atoms with Gasteiger partial charge in [-0.2, -0.15) is 0 Å². The first-order valence-electron chi connectivity index (χ1n) is 6.64. The molecule has 114 valence electrons. The Hall–Kier alpha value is -2.19. The molecule has 0 aliphatic heterocycles. The number of hydrogen-bond donors (Lipinski definition) is 3. The highest BCUT2D eigenvalue weighted by molar-refractivity contribution is 6.05. The average Bonchev–Trinajstić information content (AvgIpc) is 2.88. The number of pyridine rings is 1. The van der Waals surface area contributed by atoms with Gasteiger partial charge in [-0.3, -0.25) is 4.90 Å². The van der Waals surface area contributed by atoms with Crippen molar-refractivity contribution < 1.29 is 9.94 Å². The molecule has 0 fully saturated rings. The van der Waals surface area contributed by atoms with Gasteiger partial charge in [0, 0.05) is 32.0 Å². The quantitative estimate of drug-likeness (QED) is 0.225. The standard InChI is InChI=1S/C13H20N6O2/c1-19(6-3-7-21-2)8-10-16-11-9(12(14)18-20)4-5-15-13(11)17-10/h4-5,20H,3,6-8H2,1-2H3,(H2,14,18)(H,15,16,17). The number of H-pyrrole nitrogens is 1. The van der Waals surface area contributed by atoms with Gasteiger partial charge in [0.15, 0.2) is 11.5 Å². The Morgan fingerprint density at radius 1 is 1.57 bits per heavy atom. The third kappa shape index (κ3) is 3.67. The number of ether oxygens (including phenoxy) is 1. The van der Waals surface area contributed by atoms with Crippen LogP contribution in [-0.2, 0) is 11.3 Å². The van der Waals surface area contributed by atoms with Gasteiger partial charge in [0.2, 0.25) is 0 Å². The smallest absolute Gasteiger partial charge is 0.178 e. The van der Waals surface area contributed by atoms with Crippen molar-refractivity contribution in [1.29, 1.82) is 0 Å². The maximum atomic E-state index is 8.81. The number of methoxy groups -OCH3 is 1. The molecule has 0 unspecified atom stereocenters. The van der Waals surface area contributed by atoms with Crippen molar-refractivity contribution in [1.82, 2.24) is 19.9 Å². The van der Waals surface area contributed by atoms with Crippen LogP contribution in [0.4, 0.5) is 0 Å². The van der Waals surface area contributed by atoms with Crippen LogP contribution in [0.15, 0.2) is 17.4 Å². The van der Waals surface area contributed by atoms with E-state index in [1.54, 1.807) is 19.4 Å². The normalized spacial score (nSPS) is 12.4. The summed E-state index contributed by atoms with van der Waals surface area (Å²) in [5.74, 6) is 0.821.